The summed E-state index contributed by atoms with van der Waals surface area (Å²) in [4.78, 5) is 44.4. The van der Waals surface area contributed by atoms with Crippen molar-refractivity contribution in [3.8, 4) is 0 Å². The zero-order valence-corrected chi connectivity index (χ0v) is 21.8. The van der Waals surface area contributed by atoms with E-state index in [-0.39, 0.29) is 36.2 Å². The molecule has 36 heavy (non-hydrogen) atoms. The zero-order chi connectivity index (χ0) is 25.3. The van der Waals surface area contributed by atoms with Crippen LogP contribution in [0.5, 0.6) is 0 Å². The standard InChI is InChI=1S/C28H43N3O5/c1-2-36-26(35)28-18-21(28)12-7-4-3-6-11-20-17-27(20,19-23(32)30-14-8-5-9-15-30)25(34)31-16-10-13-22(31)24(33)29-28/h7,12,20-23,32H,2-6,8-11,13-19H2,1H3,(H,29,33)/b12-7-/t20-,21?,22-,23?,27?,28?/m0/s1. The predicted molar refractivity (Wildman–Crippen MR) is 135 cm³/mol. The summed E-state index contributed by atoms with van der Waals surface area (Å²) in [5.74, 6) is -0.385. The number of carbonyl (C=O) groups excluding carboxylic acids is 3. The molecule has 2 saturated carbocycles. The molecule has 0 aromatic rings. The van der Waals surface area contributed by atoms with E-state index in [9.17, 15) is 19.5 Å². The lowest BCUT2D eigenvalue weighted by molar-refractivity contribution is -0.151. The molecule has 5 aliphatic rings. The number of rotatable bonds is 5. The Morgan fingerprint density at radius 1 is 1.11 bits per heavy atom. The summed E-state index contributed by atoms with van der Waals surface area (Å²) < 4.78 is 5.34. The van der Waals surface area contributed by atoms with Gasteiger partial charge in [-0.15, -0.1) is 0 Å². The van der Waals surface area contributed by atoms with Crippen LogP contribution >= 0.6 is 0 Å². The van der Waals surface area contributed by atoms with Gasteiger partial charge in [0, 0.05) is 32.0 Å². The fourth-order valence-electron chi connectivity index (χ4n) is 7.02. The molecule has 8 nitrogen and oxygen atoms in total. The molecule has 2 saturated heterocycles. The van der Waals surface area contributed by atoms with Gasteiger partial charge in [-0.05, 0) is 70.6 Å². The Kier molecular flexibility index (Phi) is 7.46. The smallest absolute Gasteiger partial charge is 0.332 e. The van der Waals surface area contributed by atoms with Crippen molar-refractivity contribution in [1.82, 2.24) is 15.1 Å². The van der Waals surface area contributed by atoms with Gasteiger partial charge >= 0.3 is 5.97 Å². The maximum Gasteiger partial charge on any atom is 0.332 e. The van der Waals surface area contributed by atoms with Gasteiger partial charge in [-0.1, -0.05) is 25.0 Å². The van der Waals surface area contributed by atoms with Gasteiger partial charge in [-0.25, -0.2) is 4.79 Å². The van der Waals surface area contributed by atoms with Gasteiger partial charge in [-0.3, -0.25) is 14.5 Å². The molecular weight excluding hydrogens is 458 g/mol. The number of nitrogens with one attached hydrogen (secondary N) is 1. The van der Waals surface area contributed by atoms with Gasteiger partial charge < -0.3 is 20.1 Å². The summed E-state index contributed by atoms with van der Waals surface area (Å²) in [5.41, 5.74) is -1.58. The molecular formula is C28H43N3O5. The molecule has 2 amide bonds. The van der Waals surface area contributed by atoms with Crippen molar-refractivity contribution < 1.29 is 24.2 Å². The lowest BCUT2D eigenvalue weighted by atomic mass is 9.92. The summed E-state index contributed by atoms with van der Waals surface area (Å²) in [6.45, 7) is 4.37. The minimum Gasteiger partial charge on any atom is -0.464 e. The van der Waals surface area contributed by atoms with Gasteiger partial charge in [0.15, 0.2) is 0 Å². The number of likely N-dealkylation sites (tertiary alicyclic amines) is 1. The van der Waals surface area contributed by atoms with Crippen molar-refractivity contribution in [2.45, 2.75) is 102 Å². The highest BCUT2D eigenvalue weighted by Crippen LogP contribution is 2.60. The summed E-state index contributed by atoms with van der Waals surface area (Å²) in [6, 6.07) is -0.565. The second kappa shape index (κ2) is 10.4. The molecule has 4 unspecified atom stereocenters. The van der Waals surface area contributed by atoms with Gasteiger partial charge in [0.25, 0.3) is 0 Å². The number of fused-ring (bicyclic) bond motifs is 3. The molecule has 4 fully saturated rings. The quantitative estimate of drug-likeness (QED) is 0.444. The fraction of sp³-hybridized carbons (Fsp3) is 0.821. The van der Waals surface area contributed by atoms with Crippen LogP contribution in [0.2, 0.25) is 0 Å². The van der Waals surface area contributed by atoms with Gasteiger partial charge in [0.2, 0.25) is 11.8 Å². The number of allylic oxidation sites excluding steroid dienone is 1. The Hall–Kier alpha value is -1.93. The fourth-order valence-corrected chi connectivity index (χ4v) is 7.02. The Bertz CT molecular complexity index is 886. The number of hydrogen-bond donors (Lipinski definition) is 2. The highest BCUT2D eigenvalue weighted by Gasteiger charge is 2.64. The number of aliphatic hydroxyl groups is 1. The summed E-state index contributed by atoms with van der Waals surface area (Å²) >= 11 is 0. The van der Waals surface area contributed by atoms with Crippen LogP contribution in [0, 0.1) is 17.3 Å². The predicted octanol–water partition coefficient (Wildman–Crippen LogP) is 2.75. The molecule has 3 aliphatic heterocycles. The van der Waals surface area contributed by atoms with Crippen LogP contribution in [-0.4, -0.2) is 76.7 Å². The lowest BCUT2D eigenvalue weighted by Crippen LogP contribution is -2.55. The average molecular weight is 502 g/mol. The first kappa shape index (κ1) is 25.7. The molecule has 5 rings (SSSR count). The number of nitrogens with zero attached hydrogens (tertiary/aromatic N) is 2. The highest BCUT2D eigenvalue weighted by molar-refractivity contribution is 5.96. The first-order chi connectivity index (χ1) is 17.4. The van der Waals surface area contributed by atoms with E-state index in [4.69, 9.17) is 4.74 Å². The average Bonchev–Trinajstić information content (AvgIpc) is 3.70. The molecule has 0 aromatic heterocycles. The Balaban J connectivity index is 1.37. The maximum atomic E-state index is 14.1. The van der Waals surface area contributed by atoms with Crippen LogP contribution in [0.3, 0.4) is 0 Å². The van der Waals surface area contributed by atoms with E-state index in [1.807, 2.05) is 0 Å². The normalized spacial score (nSPS) is 38.9. The lowest BCUT2D eigenvalue weighted by Gasteiger charge is -2.35. The molecule has 3 heterocycles. The van der Waals surface area contributed by atoms with Crippen LogP contribution in [0.4, 0.5) is 0 Å². The van der Waals surface area contributed by atoms with E-state index in [2.05, 4.69) is 22.4 Å². The van der Waals surface area contributed by atoms with E-state index in [0.717, 1.165) is 64.5 Å². The summed E-state index contributed by atoms with van der Waals surface area (Å²) in [7, 11) is 0. The second-order valence-corrected chi connectivity index (χ2v) is 11.7. The molecule has 0 spiro atoms. The van der Waals surface area contributed by atoms with Crippen LogP contribution in [0.15, 0.2) is 12.2 Å². The number of aliphatic hydroxyl groups excluding tert-OH is 1. The van der Waals surface area contributed by atoms with Crippen molar-refractivity contribution in [2.75, 3.05) is 26.2 Å². The summed E-state index contributed by atoms with van der Waals surface area (Å²) in [5, 5.41) is 14.2. The number of esters is 1. The van der Waals surface area contributed by atoms with Crippen LogP contribution in [0.1, 0.15) is 84.0 Å². The van der Waals surface area contributed by atoms with Crippen molar-refractivity contribution in [3.05, 3.63) is 12.2 Å². The molecule has 200 valence electrons. The molecule has 8 heteroatoms. The molecule has 2 N–H and O–H groups in total. The molecule has 0 aromatic carbocycles. The van der Waals surface area contributed by atoms with E-state index >= 15 is 0 Å². The minimum absolute atomic E-state index is 0.0340. The van der Waals surface area contributed by atoms with Gasteiger partial charge in [0.05, 0.1) is 12.0 Å². The van der Waals surface area contributed by atoms with Crippen LogP contribution in [-0.2, 0) is 19.1 Å². The molecule has 0 bridgehead atoms. The van der Waals surface area contributed by atoms with Crippen LogP contribution < -0.4 is 5.32 Å². The summed E-state index contributed by atoms with van der Waals surface area (Å²) in [6.07, 6.45) is 14.1. The van der Waals surface area contributed by atoms with E-state index < -0.39 is 23.2 Å². The van der Waals surface area contributed by atoms with Crippen molar-refractivity contribution >= 4 is 17.8 Å². The third-order valence-corrected chi connectivity index (χ3v) is 9.38. The number of piperidine rings is 1. The van der Waals surface area contributed by atoms with Crippen molar-refractivity contribution in [2.24, 2.45) is 17.3 Å². The monoisotopic (exact) mass is 501 g/mol. The van der Waals surface area contributed by atoms with Crippen LogP contribution in [0.25, 0.3) is 0 Å². The van der Waals surface area contributed by atoms with Crippen molar-refractivity contribution in [1.29, 1.82) is 0 Å². The number of amides is 2. The van der Waals surface area contributed by atoms with Gasteiger partial charge in [-0.2, -0.15) is 0 Å². The minimum atomic E-state index is -1.01. The Morgan fingerprint density at radius 3 is 2.69 bits per heavy atom. The Labute approximate surface area is 214 Å². The first-order valence-corrected chi connectivity index (χ1v) is 14.3. The third kappa shape index (κ3) is 4.83. The first-order valence-electron chi connectivity index (χ1n) is 14.3. The van der Waals surface area contributed by atoms with E-state index in [1.165, 1.54) is 6.42 Å². The van der Waals surface area contributed by atoms with E-state index in [1.54, 1.807) is 11.8 Å². The topological polar surface area (TPSA) is 99.2 Å². The Morgan fingerprint density at radius 2 is 1.92 bits per heavy atom. The molecule has 6 atom stereocenters. The zero-order valence-electron chi connectivity index (χ0n) is 21.8. The highest BCUT2D eigenvalue weighted by atomic mass is 16.5. The molecule has 2 aliphatic carbocycles. The van der Waals surface area contributed by atoms with Gasteiger partial charge in [0.1, 0.15) is 17.8 Å². The SMILES string of the molecule is CCOC(=O)C12CC1/C=C\CCCC[C@H]1CC1(CC(O)N1CCCCC1)C(=O)N1CCC[C@H]1C(=O)N2. The van der Waals surface area contributed by atoms with E-state index in [0.29, 0.717) is 25.8 Å². The second-order valence-electron chi connectivity index (χ2n) is 11.7. The van der Waals surface area contributed by atoms with Crippen molar-refractivity contribution in [3.63, 3.8) is 0 Å². The maximum absolute atomic E-state index is 14.1. The third-order valence-electron chi connectivity index (χ3n) is 9.38. The largest absolute Gasteiger partial charge is 0.464 e. The number of ether oxygens (including phenoxy) is 1. The number of carbonyl (C=O) groups is 3. The number of hydrogen-bond acceptors (Lipinski definition) is 6. The molecule has 0 radical (unpaired) electrons.